The fraction of sp³-hybridized carbons (Fsp3) is 0.467. The van der Waals surface area contributed by atoms with Gasteiger partial charge < -0.3 is 10.2 Å². The molecule has 6 heteroatoms. The first kappa shape index (κ1) is 15.4. The van der Waals surface area contributed by atoms with Gasteiger partial charge in [0.1, 0.15) is 5.82 Å². The average Bonchev–Trinajstić information content (AvgIpc) is 2.49. The number of hydrogen-bond acceptors (Lipinski definition) is 3. The summed E-state index contributed by atoms with van der Waals surface area (Å²) in [5.41, 5.74) is 0.191. The van der Waals surface area contributed by atoms with Gasteiger partial charge in [0.25, 0.3) is 0 Å². The van der Waals surface area contributed by atoms with Crippen LogP contribution in [0.15, 0.2) is 24.3 Å². The first-order valence-electron chi connectivity index (χ1n) is 7.04. The lowest BCUT2D eigenvalue weighted by Gasteiger charge is -2.37. The van der Waals surface area contributed by atoms with Crippen LogP contribution in [0.25, 0.3) is 0 Å². The van der Waals surface area contributed by atoms with Gasteiger partial charge >= 0.3 is 0 Å². The number of hydrogen-bond donors (Lipinski definition) is 1. The smallest absolute Gasteiger partial charge is 0.241 e. The molecule has 21 heavy (non-hydrogen) atoms. The van der Waals surface area contributed by atoms with Crippen molar-refractivity contribution in [1.82, 2.24) is 9.80 Å². The quantitative estimate of drug-likeness (QED) is 0.914. The summed E-state index contributed by atoms with van der Waals surface area (Å²) in [5.74, 6) is -0.631. The number of para-hydroxylation sites is 1. The molecule has 5 nitrogen and oxygen atoms in total. The van der Waals surface area contributed by atoms with E-state index in [1.807, 2.05) is 4.90 Å². The molecule has 0 spiro atoms. The molecule has 0 aliphatic carbocycles. The van der Waals surface area contributed by atoms with Gasteiger partial charge in [-0.05, 0) is 19.1 Å². The molecule has 2 rings (SSSR count). The zero-order valence-electron chi connectivity index (χ0n) is 12.3. The highest BCUT2D eigenvalue weighted by Gasteiger charge is 2.26. The van der Waals surface area contributed by atoms with Crippen molar-refractivity contribution in [3.8, 4) is 0 Å². The second-order valence-electron chi connectivity index (χ2n) is 5.19. The molecule has 1 unspecified atom stereocenters. The third kappa shape index (κ3) is 3.78. The summed E-state index contributed by atoms with van der Waals surface area (Å²) < 4.78 is 13.5. The second-order valence-corrected chi connectivity index (χ2v) is 5.19. The Morgan fingerprint density at radius 3 is 2.38 bits per heavy atom. The molecule has 1 aromatic carbocycles. The number of amides is 2. The minimum atomic E-state index is -0.445. The van der Waals surface area contributed by atoms with Crippen molar-refractivity contribution in [3.63, 3.8) is 0 Å². The summed E-state index contributed by atoms with van der Waals surface area (Å²) >= 11 is 0. The van der Waals surface area contributed by atoms with Crippen molar-refractivity contribution < 1.29 is 14.0 Å². The SMILES string of the molecule is CC(=O)N1CCN(C(C)C(=O)Nc2ccccc2F)CC1. The van der Waals surface area contributed by atoms with E-state index in [0.717, 1.165) is 0 Å². The van der Waals surface area contributed by atoms with Gasteiger partial charge in [0.15, 0.2) is 0 Å². The maximum absolute atomic E-state index is 13.5. The van der Waals surface area contributed by atoms with E-state index in [0.29, 0.717) is 26.2 Å². The zero-order valence-corrected chi connectivity index (χ0v) is 12.3. The fourth-order valence-corrected chi connectivity index (χ4v) is 2.39. The lowest BCUT2D eigenvalue weighted by molar-refractivity contribution is -0.131. The number of piperazine rings is 1. The number of halogens is 1. The minimum absolute atomic E-state index is 0.0538. The summed E-state index contributed by atoms with van der Waals surface area (Å²) in [6.07, 6.45) is 0. The number of nitrogens with zero attached hydrogens (tertiary/aromatic N) is 2. The van der Waals surface area contributed by atoms with E-state index in [1.54, 1.807) is 30.9 Å². The molecule has 0 saturated carbocycles. The Morgan fingerprint density at radius 2 is 1.81 bits per heavy atom. The molecule has 1 aliphatic rings. The summed E-state index contributed by atoms with van der Waals surface area (Å²) in [4.78, 5) is 27.2. The van der Waals surface area contributed by atoms with Crippen LogP contribution >= 0.6 is 0 Å². The van der Waals surface area contributed by atoms with E-state index < -0.39 is 5.82 Å². The van der Waals surface area contributed by atoms with Gasteiger partial charge in [-0.15, -0.1) is 0 Å². The zero-order chi connectivity index (χ0) is 15.4. The van der Waals surface area contributed by atoms with Crippen molar-refractivity contribution in [2.75, 3.05) is 31.5 Å². The molecular formula is C15H20FN3O2. The second kappa shape index (κ2) is 6.67. The van der Waals surface area contributed by atoms with Gasteiger partial charge in [-0.1, -0.05) is 12.1 Å². The van der Waals surface area contributed by atoms with Crippen LogP contribution in [-0.2, 0) is 9.59 Å². The third-order valence-electron chi connectivity index (χ3n) is 3.82. The van der Waals surface area contributed by atoms with E-state index in [4.69, 9.17) is 0 Å². The Labute approximate surface area is 123 Å². The molecule has 1 aromatic rings. The van der Waals surface area contributed by atoms with Gasteiger partial charge in [-0.3, -0.25) is 14.5 Å². The van der Waals surface area contributed by atoms with Gasteiger partial charge in [0.05, 0.1) is 11.7 Å². The van der Waals surface area contributed by atoms with E-state index in [1.165, 1.54) is 12.1 Å². The summed E-state index contributed by atoms with van der Waals surface area (Å²) in [7, 11) is 0. The molecule has 114 valence electrons. The molecule has 1 heterocycles. The highest BCUT2D eigenvalue weighted by atomic mass is 19.1. The summed E-state index contributed by atoms with van der Waals surface area (Å²) in [6.45, 7) is 5.86. The van der Waals surface area contributed by atoms with Crippen LogP contribution in [0, 0.1) is 5.82 Å². The Balaban J connectivity index is 1.92. The van der Waals surface area contributed by atoms with E-state index in [2.05, 4.69) is 5.32 Å². The van der Waals surface area contributed by atoms with E-state index in [9.17, 15) is 14.0 Å². The largest absolute Gasteiger partial charge is 0.340 e. The highest BCUT2D eigenvalue weighted by Crippen LogP contribution is 2.14. The molecule has 1 fully saturated rings. The van der Waals surface area contributed by atoms with Gasteiger partial charge in [0.2, 0.25) is 11.8 Å². The van der Waals surface area contributed by atoms with Crippen LogP contribution in [0.1, 0.15) is 13.8 Å². The summed E-state index contributed by atoms with van der Waals surface area (Å²) in [6, 6.07) is 5.74. The molecule has 0 aromatic heterocycles. The first-order chi connectivity index (χ1) is 9.99. The lowest BCUT2D eigenvalue weighted by atomic mass is 10.2. The van der Waals surface area contributed by atoms with E-state index >= 15 is 0 Å². The first-order valence-corrected chi connectivity index (χ1v) is 7.04. The lowest BCUT2D eigenvalue weighted by Crippen LogP contribution is -2.53. The van der Waals surface area contributed by atoms with Crippen molar-refractivity contribution in [3.05, 3.63) is 30.1 Å². The van der Waals surface area contributed by atoms with Gasteiger partial charge in [0, 0.05) is 33.1 Å². The van der Waals surface area contributed by atoms with Gasteiger partial charge in [-0.2, -0.15) is 0 Å². The highest BCUT2D eigenvalue weighted by molar-refractivity contribution is 5.94. The third-order valence-corrected chi connectivity index (χ3v) is 3.82. The fourth-order valence-electron chi connectivity index (χ4n) is 2.39. The predicted molar refractivity (Wildman–Crippen MR) is 78.3 cm³/mol. The Hall–Kier alpha value is -1.95. The number of carbonyl (C=O) groups excluding carboxylic acids is 2. The Bertz CT molecular complexity index is 527. The van der Waals surface area contributed by atoms with Crippen LogP contribution in [0.4, 0.5) is 10.1 Å². The standard InChI is InChI=1S/C15H20FN3O2/c1-11(18-7-9-19(10-8-18)12(2)20)15(21)17-14-6-4-3-5-13(14)16/h3-6,11H,7-10H2,1-2H3,(H,17,21). The molecule has 0 radical (unpaired) electrons. The number of carbonyl (C=O) groups is 2. The van der Waals surface area contributed by atoms with E-state index in [-0.39, 0.29) is 23.5 Å². The van der Waals surface area contributed by atoms with Crippen LogP contribution in [-0.4, -0.2) is 53.8 Å². The Morgan fingerprint density at radius 1 is 1.19 bits per heavy atom. The molecule has 1 aliphatic heterocycles. The number of anilines is 1. The van der Waals surface area contributed by atoms with Crippen LogP contribution < -0.4 is 5.32 Å². The van der Waals surface area contributed by atoms with Gasteiger partial charge in [-0.25, -0.2) is 4.39 Å². The molecule has 1 N–H and O–H groups in total. The Kier molecular flexibility index (Phi) is 4.90. The maximum atomic E-state index is 13.5. The number of benzene rings is 1. The normalized spacial score (nSPS) is 17.4. The van der Waals surface area contributed by atoms with Crippen molar-refractivity contribution in [2.45, 2.75) is 19.9 Å². The monoisotopic (exact) mass is 293 g/mol. The minimum Gasteiger partial charge on any atom is -0.340 e. The van der Waals surface area contributed by atoms with Crippen LogP contribution in [0.3, 0.4) is 0 Å². The van der Waals surface area contributed by atoms with Crippen molar-refractivity contribution >= 4 is 17.5 Å². The number of rotatable bonds is 3. The molecule has 1 atom stereocenters. The number of nitrogens with one attached hydrogen (secondary N) is 1. The average molecular weight is 293 g/mol. The van der Waals surface area contributed by atoms with Crippen LogP contribution in [0.5, 0.6) is 0 Å². The molecule has 0 bridgehead atoms. The van der Waals surface area contributed by atoms with Crippen LogP contribution in [0.2, 0.25) is 0 Å². The van der Waals surface area contributed by atoms with Crippen molar-refractivity contribution in [1.29, 1.82) is 0 Å². The predicted octanol–water partition coefficient (Wildman–Crippen LogP) is 1.32. The molecule has 2 amide bonds. The summed E-state index contributed by atoms with van der Waals surface area (Å²) in [5, 5.41) is 2.61. The maximum Gasteiger partial charge on any atom is 0.241 e. The molecule has 1 saturated heterocycles. The molecular weight excluding hydrogens is 273 g/mol. The van der Waals surface area contributed by atoms with Crippen molar-refractivity contribution in [2.24, 2.45) is 0 Å². The topological polar surface area (TPSA) is 52.7 Å².